The fraction of sp³-hybridized carbons (Fsp3) is 1.00. The van der Waals surface area contributed by atoms with Gasteiger partial charge in [0.1, 0.15) is 12.2 Å². The van der Waals surface area contributed by atoms with Crippen LogP contribution in [0.3, 0.4) is 0 Å². The Bertz CT molecular complexity index is 224. The fourth-order valence-corrected chi connectivity index (χ4v) is 2.31. The molecule has 0 aromatic heterocycles. The largest absolute Gasteiger partial charge is 0.389 e. The summed E-state index contributed by atoms with van der Waals surface area (Å²) in [5.41, 5.74) is 0. The van der Waals surface area contributed by atoms with Crippen molar-refractivity contribution in [3.63, 3.8) is 0 Å². The number of fused-ring (bicyclic) bond motifs is 1. The van der Waals surface area contributed by atoms with E-state index in [-0.39, 0.29) is 13.1 Å². The summed E-state index contributed by atoms with van der Waals surface area (Å²) in [5.74, 6) is 0. The maximum Gasteiger partial charge on any atom is 0.109 e. The normalized spacial score (nSPS) is 54.6. The molecule has 2 fully saturated rings. The SMILES string of the molecule is O[C@H]1[C@H](O)[C@@H](O)CN2C[C@@H](O)[C@@H](O)[C@@H]12. The molecule has 5 N–H and O–H groups in total. The molecule has 0 spiro atoms. The summed E-state index contributed by atoms with van der Waals surface area (Å²) in [4.78, 5) is 1.59. The van der Waals surface area contributed by atoms with Crippen molar-refractivity contribution in [2.75, 3.05) is 13.1 Å². The van der Waals surface area contributed by atoms with Crippen LogP contribution >= 0.6 is 0 Å². The van der Waals surface area contributed by atoms with Crippen LogP contribution in [0, 0.1) is 0 Å². The molecular weight excluding hydrogens is 190 g/mol. The number of aliphatic hydroxyl groups excluding tert-OH is 5. The van der Waals surface area contributed by atoms with Crippen LogP contribution in [0.25, 0.3) is 0 Å². The summed E-state index contributed by atoms with van der Waals surface area (Å²) in [6, 6.07) is -0.677. The molecule has 2 aliphatic rings. The van der Waals surface area contributed by atoms with Gasteiger partial charge in [-0.05, 0) is 0 Å². The Kier molecular flexibility index (Phi) is 2.50. The maximum absolute atomic E-state index is 9.58. The van der Waals surface area contributed by atoms with E-state index in [1.165, 1.54) is 0 Å². The van der Waals surface area contributed by atoms with Gasteiger partial charge >= 0.3 is 0 Å². The minimum atomic E-state index is -1.25. The molecule has 0 saturated carbocycles. The predicted octanol–water partition coefficient (Wildman–Crippen LogP) is -3.51. The number of hydrogen-bond donors (Lipinski definition) is 5. The maximum atomic E-state index is 9.58. The molecule has 0 aromatic carbocycles. The molecule has 6 nitrogen and oxygen atoms in total. The van der Waals surface area contributed by atoms with Crippen LogP contribution in [0.5, 0.6) is 0 Å². The van der Waals surface area contributed by atoms with E-state index in [0.717, 1.165) is 0 Å². The van der Waals surface area contributed by atoms with E-state index < -0.39 is 36.6 Å². The van der Waals surface area contributed by atoms with Gasteiger partial charge in [0.15, 0.2) is 0 Å². The minimum Gasteiger partial charge on any atom is -0.389 e. The molecule has 2 aliphatic heterocycles. The first kappa shape index (κ1) is 10.3. The first-order valence-electron chi connectivity index (χ1n) is 4.66. The quantitative estimate of drug-likeness (QED) is 0.281. The van der Waals surface area contributed by atoms with E-state index in [1.807, 2.05) is 0 Å². The van der Waals surface area contributed by atoms with E-state index in [4.69, 9.17) is 0 Å². The Balaban J connectivity index is 2.18. The minimum absolute atomic E-state index is 0.164. The monoisotopic (exact) mass is 205 g/mol. The highest BCUT2D eigenvalue weighted by Crippen LogP contribution is 2.28. The lowest BCUT2D eigenvalue weighted by Crippen LogP contribution is -2.61. The van der Waals surface area contributed by atoms with Gasteiger partial charge in [-0.25, -0.2) is 0 Å². The number of nitrogens with zero attached hydrogens (tertiary/aromatic N) is 1. The summed E-state index contributed by atoms with van der Waals surface area (Å²) in [6.45, 7) is 0.379. The Hall–Kier alpha value is -0.240. The van der Waals surface area contributed by atoms with Crippen LogP contribution < -0.4 is 0 Å². The standard InChI is InChI=1S/C8H15NO5/c10-3-1-9-2-4(11)7(13)8(14)5(9)6(3)12/h3-8,10-14H,1-2H2/t3-,4+,5+,6-,7-,8-/m1/s1. The predicted molar refractivity (Wildman–Crippen MR) is 45.4 cm³/mol. The second kappa shape index (κ2) is 3.41. The highest BCUT2D eigenvalue weighted by Gasteiger charge is 2.51. The molecule has 6 atom stereocenters. The van der Waals surface area contributed by atoms with Crippen LogP contribution in [-0.2, 0) is 0 Å². The third kappa shape index (κ3) is 1.35. The van der Waals surface area contributed by atoms with Crippen LogP contribution in [0.1, 0.15) is 0 Å². The smallest absolute Gasteiger partial charge is 0.109 e. The summed E-state index contributed by atoms with van der Waals surface area (Å²) >= 11 is 0. The molecule has 0 unspecified atom stereocenters. The first-order chi connectivity index (χ1) is 6.52. The van der Waals surface area contributed by atoms with Crippen molar-refractivity contribution in [3.05, 3.63) is 0 Å². The lowest BCUT2D eigenvalue weighted by atomic mass is 9.93. The van der Waals surface area contributed by atoms with Gasteiger partial charge in [0, 0.05) is 13.1 Å². The highest BCUT2D eigenvalue weighted by molar-refractivity contribution is 5.04. The Morgan fingerprint density at radius 2 is 1.21 bits per heavy atom. The van der Waals surface area contributed by atoms with Gasteiger partial charge in [0.05, 0.1) is 24.4 Å². The Morgan fingerprint density at radius 1 is 0.714 bits per heavy atom. The zero-order valence-corrected chi connectivity index (χ0v) is 7.56. The van der Waals surface area contributed by atoms with Crippen molar-refractivity contribution in [3.8, 4) is 0 Å². The van der Waals surface area contributed by atoms with Gasteiger partial charge in [-0.15, -0.1) is 0 Å². The molecule has 0 aliphatic carbocycles. The third-order valence-corrected chi connectivity index (χ3v) is 3.10. The lowest BCUT2D eigenvalue weighted by molar-refractivity contribution is -0.142. The summed E-state index contributed by atoms with van der Waals surface area (Å²) in [7, 11) is 0. The van der Waals surface area contributed by atoms with Crippen molar-refractivity contribution < 1.29 is 25.5 Å². The van der Waals surface area contributed by atoms with Crippen molar-refractivity contribution in [2.24, 2.45) is 0 Å². The molecule has 0 amide bonds. The van der Waals surface area contributed by atoms with Crippen molar-refractivity contribution >= 4 is 0 Å². The van der Waals surface area contributed by atoms with Crippen molar-refractivity contribution in [1.82, 2.24) is 4.90 Å². The van der Waals surface area contributed by atoms with Gasteiger partial charge in [0.2, 0.25) is 0 Å². The van der Waals surface area contributed by atoms with Crippen LogP contribution in [0.2, 0.25) is 0 Å². The molecule has 0 aromatic rings. The van der Waals surface area contributed by atoms with Gasteiger partial charge < -0.3 is 25.5 Å². The molecule has 2 heterocycles. The van der Waals surface area contributed by atoms with Gasteiger partial charge in [-0.3, -0.25) is 4.90 Å². The van der Waals surface area contributed by atoms with Gasteiger partial charge in [-0.2, -0.15) is 0 Å². The van der Waals surface area contributed by atoms with Gasteiger partial charge in [0.25, 0.3) is 0 Å². The van der Waals surface area contributed by atoms with Crippen molar-refractivity contribution in [2.45, 2.75) is 36.6 Å². The van der Waals surface area contributed by atoms with Crippen LogP contribution in [0.15, 0.2) is 0 Å². The highest BCUT2D eigenvalue weighted by atomic mass is 16.4. The molecule has 14 heavy (non-hydrogen) atoms. The third-order valence-electron chi connectivity index (χ3n) is 3.10. The Morgan fingerprint density at radius 3 is 1.79 bits per heavy atom. The Labute approximate surface area is 81.0 Å². The summed E-state index contributed by atoms with van der Waals surface area (Å²) in [5, 5.41) is 47.2. The zero-order chi connectivity index (χ0) is 10.5. The van der Waals surface area contributed by atoms with Gasteiger partial charge in [-0.1, -0.05) is 0 Å². The number of rotatable bonds is 0. The molecule has 0 bridgehead atoms. The van der Waals surface area contributed by atoms with Crippen molar-refractivity contribution in [1.29, 1.82) is 0 Å². The summed E-state index contributed by atoms with van der Waals surface area (Å²) in [6.07, 6.45) is -5.49. The average molecular weight is 205 g/mol. The molecule has 2 rings (SSSR count). The second-order valence-electron chi connectivity index (χ2n) is 4.05. The molecule has 82 valence electrons. The van der Waals surface area contributed by atoms with Crippen LogP contribution in [0.4, 0.5) is 0 Å². The summed E-state index contributed by atoms with van der Waals surface area (Å²) < 4.78 is 0. The molecule has 2 saturated heterocycles. The second-order valence-corrected chi connectivity index (χ2v) is 4.05. The first-order valence-corrected chi connectivity index (χ1v) is 4.66. The zero-order valence-electron chi connectivity index (χ0n) is 7.56. The number of piperidine rings is 1. The number of aliphatic hydroxyl groups is 5. The van der Waals surface area contributed by atoms with E-state index in [9.17, 15) is 25.5 Å². The average Bonchev–Trinajstić information content (AvgIpc) is 2.39. The fourth-order valence-electron chi connectivity index (χ4n) is 2.31. The topological polar surface area (TPSA) is 104 Å². The molecule has 0 radical (unpaired) electrons. The number of hydrogen-bond acceptors (Lipinski definition) is 6. The molecular formula is C8H15NO5. The van der Waals surface area contributed by atoms with E-state index in [2.05, 4.69) is 0 Å². The van der Waals surface area contributed by atoms with E-state index >= 15 is 0 Å². The lowest BCUT2D eigenvalue weighted by Gasteiger charge is -2.40. The van der Waals surface area contributed by atoms with E-state index in [1.54, 1.807) is 4.90 Å². The van der Waals surface area contributed by atoms with E-state index in [0.29, 0.717) is 0 Å². The molecule has 6 heteroatoms. The van der Waals surface area contributed by atoms with Crippen LogP contribution in [-0.4, -0.2) is 80.1 Å².